The smallest absolute Gasteiger partial charge is 0.274 e. The molecule has 128 valence electrons. The molecule has 3 aromatic rings. The highest BCUT2D eigenvalue weighted by molar-refractivity contribution is 5.80. The van der Waals surface area contributed by atoms with E-state index in [1.165, 1.54) is 4.68 Å². The van der Waals surface area contributed by atoms with Crippen molar-refractivity contribution in [1.29, 1.82) is 0 Å². The second-order valence-electron chi connectivity index (χ2n) is 6.29. The predicted molar refractivity (Wildman–Crippen MR) is 93.1 cm³/mol. The van der Waals surface area contributed by atoms with Crippen LogP contribution < -0.4 is 10.9 Å². The first-order chi connectivity index (χ1) is 12.2. The Bertz CT molecular complexity index is 975. The van der Waals surface area contributed by atoms with Crippen molar-refractivity contribution < 1.29 is 4.79 Å². The molecule has 4 rings (SSSR count). The van der Waals surface area contributed by atoms with Crippen molar-refractivity contribution >= 4 is 16.7 Å². The van der Waals surface area contributed by atoms with Crippen LogP contribution >= 0.6 is 0 Å². The number of hydrogen-bond donors (Lipinski definition) is 1. The van der Waals surface area contributed by atoms with Crippen LogP contribution in [0.4, 0.5) is 0 Å². The molecule has 1 atom stereocenters. The van der Waals surface area contributed by atoms with Crippen LogP contribution in [0.3, 0.4) is 0 Å². The molecule has 0 saturated heterocycles. The summed E-state index contributed by atoms with van der Waals surface area (Å²) in [5, 5.41) is 12.8. The molecule has 1 aromatic carbocycles. The molecule has 1 aliphatic rings. The van der Waals surface area contributed by atoms with Gasteiger partial charge in [0.05, 0.1) is 18.1 Å². The van der Waals surface area contributed by atoms with Gasteiger partial charge in [0.25, 0.3) is 5.56 Å². The zero-order chi connectivity index (χ0) is 17.2. The third kappa shape index (κ3) is 3.05. The van der Waals surface area contributed by atoms with Crippen LogP contribution in [0, 0.1) is 5.92 Å². The van der Waals surface area contributed by atoms with Gasteiger partial charge in [-0.15, -0.1) is 0 Å². The van der Waals surface area contributed by atoms with E-state index in [2.05, 4.69) is 15.5 Å². The third-order valence-corrected chi connectivity index (χ3v) is 4.70. The van der Waals surface area contributed by atoms with E-state index in [1.807, 2.05) is 28.9 Å². The van der Waals surface area contributed by atoms with Crippen LogP contribution in [-0.4, -0.2) is 32.0 Å². The summed E-state index contributed by atoms with van der Waals surface area (Å²) in [6.45, 7) is 1.52. The van der Waals surface area contributed by atoms with Gasteiger partial charge in [-0.3, -0.25) is 14.3 Å². The van der Waals surface area contributed by atoms with Gasteiger partial charge in [-0.05, 0) is 18.6 Å². The summed E-state index contributed by atoms with van der Waals surface area (Å²) in [6, 6.07) is 9.33. The van der Waals surface area contributed by atoms with Gasteiger partial charge in [0.1, 0.15) is 0 Å². The molecule has 25 heavy (non-hydrogen) atoms. The van der Waals surface area contributed by atoms with Gasteiger partial charge >= 0.3 is 0 Å². The molecule has 0 aliphatic carbocycles. The topological polar surface area (TPSA) is 81.8 Å². The van der Waals surface area contributed by atoms with Gasteiger partial charge < -0.3 is 5.32 Å². The molecule has 1 amide bonds. The molecular formula is C18H19N5O2. The van der Waals surface area contributed by atoms with Crippen molar-refractivity contribution in [1.82, 2.24) is 24.9 Å². The van der Waals surface area contributed by atoms with Gasteiger partial charge in [-0.2, -0.15) is 10.2 Å². The highest BCUT2D eigenvalue weighted by Crippen LogP contribution is 2.19. The van der Waals surface area contributed by atoms with Gasteiger partial charge in [0.15, 0.2) is 0 Å². The third-order valence-electron chi connectivity index (χ3n) is 4.70. The average molecular weight is 337 g/mol. The maximum atomic E-state index is 12.4. The number of amides is 1. The zero-order valence-electron chi connectivity index (χ0n) is 13.8. The molecule has 0 radical (unpaired) electrons. The molecule has 2 aromatic heterocycles. The molecule has 7 heteroatoms. The molecule has 1 unspecified atom stereocenters. The minimum absolute atomic E-state index is 0.0290. The van der Waals surface area contributed by atoms with E-state index in [0.717, 1.165) is 24.0 Å². The van der Waals surface area contributed by atoms with Crippen LogP contribution in [0.15, 0.2) is 47.5 Å². The monoisotopic (exact) mass is 337 g/mol. The maximum Gasteiger partial charge on any atom is 0.274 e. The Morgan fingerprint density at radius 3 is 3.04 bits per heavy atom. The minimum Gasteiger partial charge on any atom is -0.354 e. The standard InChI is InChI=1S/C18H19N5O2/c24-17(13-6-9-22-15(11-13)5-7-20-22)19-8-10-23-18(25)16-4-2-1-3-14(16)12-21-23/h1-5,7,12-13H,6,8-11H2,(H,19,24). The summed E-state index contributed by atoms with van der Waals surface area (Å²) < 4.78 is 3.35. The Labute approximate surface area is 144 Å². The van der Waals surface area contributed by atoms with Crippen molar-refractivity contribution in [2.24, 2.45) is 5.92 Å². The van der Waals surface area contributed by atoms with Gasteiger partial charge in [-0.25, -0.2) is 4.68 Å². The molecular weight excluding hydrogens is 318 g/mol. The number of hydrogen-bond acceptors (Lipinski definition) is 4. The van der Waals surface area contributed by atoms with E-state index >= 15 is 0 Å². The quantitative estimate of drug-likeness (QED) is 0.769. The Balaban J connectivity index is 1.37. The van der Waals surface area contributed by atoms with Crippen molar-refractivity contribution in [2.75, 3.05) is 6.54 Å². The summed E-state index contributed by atoms with van der Waals surface area (Å²) in [5.41, 5.74) is 0.965. The highest BCUT2D eigenvalue weighted by atomic mass is 16.2. The Morgan fingerprint density at radius 2 is 2.12 bits per heavy atom. The molecule has 3 heterocycles. The average Bonchev–Trinajstić information content (AvgIpc) is 3.11. The number of benzene rings is 1. The van der Waals surface area contributed by atoms with E-state index in [1.54, 1.807) is 18.5 Å². The number of carbonyl (C=O) groups excluding carboxylic acids is 1. The molecule has 1 N–H and O–H groups in total. The Kier molecular flexibility index (Phi) is 4.05. The fraction of sp³-hybridized carbons (Fsp3) is 0.333. The largest absolute Gasteiger partial charge is 0.354 e. The number of aryl methyl sites for hydroxylation is 1. The van der Waals surface area contributed by atoms with Gasteiger partial charge in [0.2, 0.25) is 5.91 Å². The van der Waals surface area contributed by atoms with E-state index in [-0.39, 0.29) is 17.4 Å². The van der Waals surface area contributed by atoms with Crippen molar-refractivity contribution in [2.45, 2.75) is 25.9 Å². The van der Waals surface area contributed by atoms with Crippen LogP contribution in [0.1, 0.15) is 12.1 Å². The summed E-state index contributed by atoms with van der Waals surface area (Å²) in [5.74, 6) is -0.00762. The zero-order valence-corrected chi connectivity index (χ0v) is 13.8. The number of carbonyl (C=O) groups is 1. The first-order valence-electron chi connectivity index (χ1n) is 8.45. The molecule has 7 nitrogen and oxygen atoms in total. The number of rotatable bonds is 4. The lowest BCUT2D eigenvalue weighted by molar-refractivity contribution is -0.125. The van der Waals surface area contributed by atoms with E-state index in [0.29, 0.717) is 24.9 Å². The van der Waals surface area contributed by atoms with Crippen LogP contribution in [0.25, 0.3) is 10.8 Å². The van der Waals surface area contributed by atoms with Crippen molar-refractivity contribution in [3.63, 3.8) is 0 Å². The van der Waals surface area contributed by atoms with Gasteiger partial charge in [0, 0.05) is 42.7 Å². The van der Waals surface area contributed by atoms with Crippen LogP contribution in [0.2, 0.25) is 0 Å². The maximum absolute atomic E-state index is 12.4. The molecule has 1 aliphatic heterocycles. The van der Waals surface area contributed by atoms with Crippen LogP contribution in [0.5, 0.6) is 0 Å². The van der Waals surface area contributed by atoms with Gasteiger partial charge in [-0.1, -0.05) is 18.2 Å². The lowest BCUT2D eigenvalue weighted by Gasteiger charge is -2.22. The van der Waals surface area contributed by atoms with Crippen molar-refractivity contribution in [3.05, 3.63) is 58.8 Å². The number of nitrogens with one attached hydrogen (secondary N) is 1. The van der Waals surface area contributed by atoms with E-state index < -0.39 is 0 Å². The first kappa shape index (κ1) is 15.6. The summed E-state index contributed by atoms with van der Waals surface area (Å²) >= 11 is 0. The fourth-order valence-corrected chi connectivity index (χ4v) is 3.31. The van der Waals surface area contributed by atoms with Crippen molar-refractivity contribution in [3.8, 4) is 0 Å². The Hall–Kier alpha value is -2.96. The molecule has 0 spiro atoms. The Morgan fingerprint density at radius 1 is 1.24 bits per heavy atom. The predicted octanol–water partition coefficient (Wildman–Crippen LogP) is 0.972. The van der Waals surface area contributed by atoms with E-state index in [9.17, 15) is 9.59 Å². The SMILES string of the molecule is O=C(NCCn1ncc2ccccc2c1=O)C1CCn2nccc2C1. The molecule has 0 fully saturated rings. The molecule has 0 saturated carbocycles. The minimum atomic E-state index is -0.131. The summed E-state index contributed by atoms with van der Waals surface area (Å²) in [7, 11) is 0. The number of nitrogens with zero attached hydrogens (tertiary/aromatic N) is 4. The second kappa shape index (κ2) is 6.51. The van der Waals surface area contributed by atoms with Crippen LogP contribution in [-0.2, 0) is 24.3 Å². The second-order valence-corrected chi connectivity index (χ2v) is 6.29. The fourth-order valence-electron chi connectivity index (χ4n) is 3.31. The van der Waals surface area contributed by atoms with E-state index in [4.69, 9.17) is 0 Å². The lowest BCUT2D eigenvalue weighted by Crippen LogP contribution is -2.38. The lowest BCUT2D eigenvalue weighted by atomic mass is 9.95. The number of aromatic nitrogens is 4. The first-order valence-corrected chi connectivity index (χ1v) is 8.45. The summed E-state index contributed by atoms with van der Waals surface area (Å²) in [4.78, 5) is 24.8. The normalized spacial score (nSPS) is 16.6. The number of fused-ring (bicyclic) bond motifs is 2. The molecule has 0 bridgehead atoms. The highest BCUT2D eigenvalue weighted by Gasteiger charge is 2.24. The summed E-state index contributed by atoms with van der Waals surface area (Å²) in [6.07, 6.45) is 4.95.